The zero-order valence-electron chi connectivity index (χ0n) is 13.6. The molecule has 2 aliphatic heterocycles. The maximum atomic E-state index is 12.8. The average molecular weight is 316 g/mol. The highest BCUT2D eigenvalue weighted by atomic mass is 16.5. The quantitative estimate of drug-likeness (QED) is 0.836. The van der Waals surface area contributed by atoms with Crippen molar-refractivity contribution in [1.82, 2.24) is 9.80 Å². The number of hydrogen-bond donors (Lipinski definition) is 0. The Bertz CT molecular complexity index is 555. The number of ether oxygens (including phenoxy) is 1. The average Bonchev–Trinajstić information content (AvgIpc) is 2.62. The molecule has 1 aromatic carbocycles. The first-order valence-corrected chi connectivity index (χ1v) is 8.35. The van der Waals surface area contributed by atoms with E-state index >= 15 is 0 Å². The molecule has 2 saturated heterocycles. The molecular weight excluding hydrogens is 292 g/mol. The van der Waals surface area contributed by atoms with Gasteiger partial charge in [-0.05, 0) is 18.4 Å². The summed E-state index contributed by atoms with van der Waals surface area (Å²) in [5.74, 6) is 0.360. The molecular formula is C18H24N2O3. The van der Waals surface area contributed by atoms with Gasteiger partial charge in [0.05, 0.1) is 6.04 Å². The first-order chi connectivity index (χ1) is 11.2. The largest absolute Gasteiger partial charge is 0.381 e. The molecule has 2 heterocycles. The minimum Gasteiger partial charge on any atom is -0.381 e. The Morgan fingerprint density at radius 2 is 1.78 bits per heavy atom. The highest BCUT2D eigenvalue weighted by molar-refractivity contribution is 5.80. The van der Waals surface area contributed by atoms with Gasteiger partial charge in [0.2, 0.25) is 11.8 Å². The second-order valence-electron chi connectivity index (χ2n) is 6.31. The Morgan fingerprint density at radius 3 is 2.43 bits per heavy atom. The van der Waals surface area contributed by atoms with Crippen molar-refractivity contribution in [2.75, 3.05) is 32.8 Å². The molecule has 3 rings (SSSR count). The molecule has 1 atom stereocenters. The molecule has 0 aromatic heterocycles. The van der Waals surface area contributed by atoms with Crippen molar-refractivity contribution in [2.24, 2.45) is 5.92 Å². The van der Waals surface area contributed by atoms with Gasteiger partial charge in [-0.2, -0.15) is 0 Å². The number of amides is 2. The van der Waals surface area contributed by atoms with Crippen LogP contribution in [0.1, 0.15) is 31.4 Å². The van der Waals surface area contributed by atoms with E-state index in [1.165, 1.54) is 0 Å². The summed E-state index contributed by atoms with van der Waals surface area (Å²) in [6.45, 7) is 4.76. The summed E-state index contributed by atoms with van der Waals surface area (Å²) in [4.78, 5) is 28.6. The Hall–Kier alpha value is -1.88. The van der Waals surface area contributed by atoms with E-state index in [1.807, 2.05) is 40.1 Å². The number of carbonyl (C=O) groups excluding carboxylic acids is 2. The number of benzene rings is 1. The Morgan fingerprint density at radius 1 is 1.09 bits per heavy atom. The lowest BCUT2D eigenvalue weighted by Gasteiger charge is -2.42. The van der Waals surface area contributed by atoms with Gasteiger partial charge in [0.1, 0.15) is 0 Å². The summed E-state index contributed by atoms with van der Waals surface area (Å²) >= 11 is 0. The maximum Gasteiger partial charge on any atom is 0.226 e. The predicted molar refractivity (Wildman–Crippen MR) is 86.7 cm³/mol. The summed E-state index contributed by atoms with van der Waals surface area (Å²) < 4.78 is 5.35. The van der Waals surface area contributed by atoms with Gasteiger partial charge in [-0.1, -0.05) is 30.3 Å². The maximum absolute atomic E-state index is 12.8. The number of hydrogen-bond acceptors (Lipinski definition) is 3. The molecule has 0 N–H and O–H groups in total. The molecule has 5 nitrogen and oxygen atoms in total. The highest BCUT2D eigenvalue weighted by Gasteiger charge is 2.34. The first-order valence-electron chi connectivity index (χ1n) is 8.35. The number of piperazine rings is 1. The van der Waals surface area contributed by atoms with Crippen LogP contribution in [-0.4, -0.2) is 54.5 Å². The molecule has 0 bridgehead atoms. The zero-order valence-corrected chi connectivity index (χ0v) is 13.6. The van der Waals surface area contributed by atoms with E-state index < -0.39 is 0 Å². The van der Waals surface area contributed by atoms with Crippen molar-refractivity contribution in [3.05, 3.63) is 35.9 Å². The molecule has 23 heavy (non-hydrogen) atoms. The van der Waals surface area contributed by atoms with Crippen LogP contribution in [0.5, 0.6) is 0 Å². The topological polar surface area (TPSA) is 49.9 Å². The number of rotatable bonds is 2. The number of nitrogens with zero attached hydrogens (tertiary/aromatic N) is 2. The van der Waals surface area contributed by atoms with Crippen LogP contribution in [0, 0.1) is 5.92 Å². The fraction of sp³-hybridized carbons (Fsp3) is 0.556. The summed E-state index contributed by atoms with van der Waals surface area (Å²) in [7, 11) is 0. The molecule has 0 saturated carbocycles. The lowest BCUT2D eigenvalue weighted by atomic mass is 9.96. The fourth-order valence-electron chi connectivity index (χ4n) is 3.52. The van der Waals surface area contributed by atoms with Gasteiger partial charge in [-0.15, -0.1) is 0 Å². The van der Waals surface area contributed by atoms with Crippen LogP contribution in [0.3, 0.4) is 0 Å². The zero-order chi connectivity index (χ0) is 16.2. The SMILES string of the molecule is CC(=O)N1CCN(C(=O)C2CCOCC2)C[C@H]1c1ccccc1. The lowest BCUT2D eigenvalue weighted by molar-refractivity contribution is -0.146. The summed E-state index contributed by atoms with van der Waals surface area (Å²) in [6, 6.07) is 9.94. The van der Waals surface area contributed by atoms with E-state index in [4.69, 9.17) is 4.74 Å². The summed E-state index contributed by atoms with van der Waals surface area (Å²) in [6.07, 6.45) is 1.61. The molecule has 0 unspecified atom stereocenters. The van der Waals surface area contributed by atoms with Gasteiger partial charge < -0.3 is 14.5 Å². The van der Waals surface area contributed by atoms with Crippen molar-refractivity contribution >= 4 is 11.8 Å². The van der Waals surface area contributed by atoms with Crippen molar-refractivity contribution in [1.29, 1.82) is 0 Å². The van der Waals surface area contributed by atoms with E-state index in [0.717, 1.165) is 18.4 Å². The van der Waals surface area contributed by atoms with Gasteiger partial charge in [0.25, 0.3) is 0 Å². The number of carbonyl (C=O) groups is 2. The normalized spacial score (nSPS) is 22.9. The monoisotopic (exact) mass is 316 g/mol. The van der Waals surface area contributed by atoms with Crippen molar-refractivity contribution in [2.45, 2.75) is 25.8 Å². The van der Waals surface area contributed by atoms with Gasteiger partial charge in [0, 0.05) is 45.7 Å². The Labute approximate surface area is 137 Å². The van der Waals surface area contributed by atoms with Crippen molar-refractivity contribution in [3.63, 3.8) is 0 Å². The van der Waals surface area contributed by atoms with E-state index in [0.29, 0.717) is 32.8 Å². The third kappa shape index (κ3) is 3.55. The van der Waals surface area contributed by atoms with E-state index in [1.54, 1.807) is 6.92 Å². The van der Waals surface area contributed by atoms with Gasteiger partial charge >= 0.3 is 0 Å². The van der Waals surface area contributed by atoms with E-state index in [-0.39, 0.29) is 23.8 Å². The Kier molecular flexibility index (Phi) is 4.96. The van der Waals surface area contributed by atoms with Crippen LogP contribution in [-0.2, 0) is 14.3 Å². The first kappa shape index (κ1) is 16.0. The van der Waals surface area contributed by atoms with Crippen LogP contribution in [0.25, 0.3) is 0 Å². The Balaban J connectivity index is 1.75. The van der Waals surface area contributed by atoms with E-state index in [9.17, 15) is 9.59 Å². The molecule has 124 valence electrons. The second-order valence-corrected chi connectivity index (χ2v) is 6.31. The van der Waals surface area contributed by atoms with Crippen LogP contribution >= 0.6 is 0 Å². The second kappa shape index (κ2) is 7.13. The molecule has 2 aliphatic rings. The predicted octanol–water partition coefficient (Wildman–Crippen LogP) is 1.84. The van der Waals surface area contributed by atoms with Gasteiger partial charge in [0.15, 0.2) is 0 Å². The minimum absolute atomic E-state index is 0.0498. The molecule has 2 fully saturated rings. The standard InChI is InChI=1S/C18H24N2O3/c1-14(21)20-10-9-19(18(22)16-7-11-23-12-8-16)13-17(20)15-5-3-2-4-6-15/h2-6,16-17H,7-13H2,1H3/t17-/m0/s1. The van der Waals surface area contributed by atoms with Gasteiger partial charge in [-0.25, -0.2) is 0 Å². The highest BCUT2D eigenvalue weighted by Crippen LogP contribution is 2.27. The molecule has 0 aliphatic carbocycles. The molecule has 1 aromatic rings. The molecule has 0 spiro atoms. The molecule has 5 heteroatoms. The van der Waals surface area contributed by atoms with Crippen LogP contribution in [0.2, 0.25) is 0 Å². The smallest absolute Gasteiger partial charge is 0.226 e. The lowest BCUT2D eigenvalue weighted by Crippen LogP contribution is -2.53. The minimum atomic E-state index is -0.0498. The summed E-state index contributed by atoms with van der Waals surface area (Å²) in [5.41, 5.74) is 1.09. The van der Waals surface area contributed by atoms with Gasteiger partial charge in [-0.3, -0.25) is 9.59 Å². The van der Waals surface area contributed by atoms with E-state index in [2.05, 4.69) is 0 Å². The molecule has 2 amide bonds. The van der Waals surface area contributed by atoms with Crippen LogP contribution < -0.4 is 0 Å². The van der Waals surface area contributed by atoms with Crippen LogP contribution in [0.4, 0.5) is 0 Å². The van der Waals surface area contributed by atoms with Crippen molar-refractivity contribution < 1.29 is 14.3 Å². The fourth-order valence-corrected chi connectivity index (χ4v) is 3.52. The summed E-state index contributed by atoms with van der Waals surface area (Å²) in [5, 5.41) is 0. The van der Waals surface area contributed by atoms with Crippen molar-refractivity contribution in [3.8, 4) is 0 Å². The third-order valence-electron chi connectivity index (χ3n) is 4.85. The third-order valence-corrected chi connectivity index (χ3v) is 4.85. The van der Waals surface area contributed by atoms with Crippen LogP contribution in [0.15, 0.2) is 30.3 Å². The molecule has 0 radical (unpaired) electrons.